The monoisotopic (exact) mass is 303 g/mol. The highest BCUT2D eigenvalue weighted by atomic mass is 32.1. The van der Waals surface area contributed by atoms with Crippen LogP contribution in [0.4, 0.5) is 0 Å². The van der Waals surface area contributed by atoms with Crippen molar-refractivity contribution >= 4 is 16.3 Å². The van der Waals surface area contributed by atoms with E-state index in [1.165, 1.54) is 29.2 Å². The quantitative estimate of drug-likeness (QED) is 0.871. The van der Waals surface area contributed by atoms with Crippen LogP contribution in [0.15, 0.2) is 0 Å². The Morgan fingerprint density at radius 1 is 1.24 bits per heavy atom. The van der Waals surface area contributed by atoms with Crippen LogP contribution in [0.2, 0.25) is 0 Å². The fourth-order valence-electron chi connectivity index (χ4n) is 4.54. The summed E-state index contributed by atoms with van der Waals surface area (Å²) in [6.07, 6.45) is 2.44. The summed E-state index contributed by atoms with van der Waals surface area (Å²) in [6, 6.07) is 0. The van der Waals surface area contributed by atoms with E-state index in [9.17, 15) is 0 Å². The average Bonchev–Trinajstić information content (AvgIpc) is 2.73. The zero-order chi connectivity index (χ0) is 15.0. The van der Waals surface area contributed by atoms with Gasteiger partial charge in [0.2, 0.25) is 0 Å². The highest BCUT2D eigenvalue weighted by molar-refractivity contribution is 7.17. The fraction of sp³-hybridized carbons (Fsp3) is 0.706. The van der Waals surface area contributed by atoms with Gasteiger partial charge >= 0.3 is 0 Å². The first-order valence-electron chi connectivity index (χ1n) is 8.00. The van der Waals surface area contributed by atoms with Crippen molar-refractivity contribution < 1.29 is 0 Å². The van der Waals surface area contributed by atoms with Crippen LogP contribution in [0.1, 0.15) is 62.0 Å². The van der Waals surface area contributed by atoms with Crippen LogP contribution < -0.4 is 5.32 Å². The highest BCUT2D eigenvalue weighted by Crippen LogP contribution is 2.49. The van der Waals surface area contributed by atoms with Crippen LogP contribution >= 0.6 is 11.3 Å². The normalized spacial score (nSPS) is 24.0. The molecule has 21 heavy (non-hydrogen) atoms. The first-order chi connectivity index (χ1) is 9.78. The van der Waals surface area contributed by atoms with Gasteiger partial charge in [-0.05, 0) is 25.2 Å². The maximum atomic E-state index is 4.89. The molecule has 4 heteroatoms. The van der Waals surface area contributed by atoms with Gasteiger partial charge in [0.15, 0.2) is 4.96 Å². The highest BCUT2D eigenvalue weighted by Gasteiger charge is 2.41. The summed E-state index contributed by atoms with van der Waals surface area (Å²) < 4.78 is 2.52. The Morgan fingerprint density at radius 3 is 2.57 bits per heavy atom. The molecule has 0 amide bonds. The molecule has 3 heterocycles. The van der Waals surface area contributed by atoms with Crippen molar-refractivity contribution in [2.45, 2.75) is 58.8 Å². The molecule has 0 radical (unpaired) electrons. The second-order valence-corrected chi connectivity index (χ2v) is 9.31. The lowest BCUT2D eigenvalue weighted by Gasteiger charge is -2.40. The van der Waals surface area contributed by atoms with E-state index in [-0.39, 0.29) is 5.41 Å². The van der Waals surface area contributed by atoms with Gasteiger partial charge in [-0.3, -0.25) is 4.40 Å². The number of nitrogens with one attached hydrogen (secondary N) is 1. The smallest absolute Gasteiger partial charge is 0.194 e. The lowest BCUT2D eigenvalue weighted by atomic mass is 9.67. The zero-order valence-corrected chi connectivity index (χ0v) is 14.5. The Bertz CT molecular complexity index is 716. The fourth-order valence-corrected chi connectivity index (χ4v) is 5.83. The van der Waals surface area contributed by atoms with E-state index in [1.54, 1.807) is 10.6 Å². The maximum Gasteiger partial charge on any atom is 0.194 e. The molecule has 1 saturated heterocycles. The molecule has 114 valence electrons. The minimum atomic E-state index is 0.269. The van der Waals surface area contributed by atoms with Crippen LogP contribution in [0.5, 0.6) is 0 Å². The van der Waals surface area contributed by atoms with Crippen molar-refractivity contribution in [3.05, 3.63) is 22.0 Å². The Hall–Kier alpha value is -0.870. The van der Waals surface area contributed by atoms with Gasteiger partial charge in [0.05, 0.1) is 11.4 Å². The molecular weight excluding hydrogens is 278 g/mol. The Balaban J connectivity index is 1.98. The second kappa shape index (κ2) is 4.11. The van der Waals surface area contributed by atoms with E-state index < -0.39 is 0 Å². The molecule has 2 aliphatic rings. The number of fused-ring (bicyclic) bond motifs is 3. The second-order valence-electron chi connectivity index (χ2n) is 8.34. The van der Waals surface area contributed by atoms with Crippen molar-refractivity contribution in [3.63, 3.8) is 0 Å². The van der Waals surface area contributed by atoms with E-state index in [2.05, 4.69) is 44.3 Å². The third-order valence-electron chi connectivity index (χ3n) is 5.14. The van der Waals surface area contributed by atoms with Crippen LogP contribution in [0.3, 0.4) is 0 Å². The molecule has 1 aliphatic heterocycles. The molecule has 0 aromatic carbocycles. The van der Waals surface area contributed by atoms with Crippen LogP contribution in [0.25, 0.3) is 4.96 Å². The average molecular weight is 303 g/mol. The molecule has 2 aromatic heterocycles. The Kier molecular flexibility index (Phi) is 2.69. The van der Waals surface area contributed by atoms with Crippen molar-refractivity contribution in [3.8, 4) is 0 Å². The van der Waals surface area contributed by atoms with E-state index in [0.29, 0.717) is 11.3 Å². The number of imidazole rings is 1. The first kappa shape index (κ1) is 13.8. The van der Waals surface area contributed by atoms with Crippen LogP contribution in [-0.4, -0.2) is 22.5 Å². The summed E-state index contributed by atoms with van der Waals surface area (Å²) in [6.45, 7) is 14.0. The largest absolute Gasteiger partial charge is 0.315 e. The third kappa shape index (κ3) is 1.92. The minimum Gasteiger partial charge on any atom is -0.315 e. The van der Waals surface area contributed by atoms with Crippen LogP contribution in [0, 0.1) is 12.3 Å². The molecule has 0 saturated carbocycles. The topological polar surface area (TPSA) is 29.3 Å². The van der Waals surface area contributed by atoms with Gasteiger partial charge in [0.25, 0.3) is 0 Å². The maximum absolute atomic E-state index is 4.89. The van der Waals surface area contributed by atoms with Crippen molar-refractivity contribution in [1.29, 1.82) is 0 Å². The van der Waals surface area contributed by atoms with E-state index >= 15 is 0 Å². The SMILES string of the molecule is Cc1nc2sc3c(n2c1C1CNC1)CC(C)(C)CC3(C)C. The zero-order valence-electron chi connectivity index (χ0n) is 13.7. The van der Waals surface area contributed by atoms with Gasteiger partial charge in [-0.2, -0.15) is 0 Å². The van der Waals surface area contributed by atoms with Crippen LogP contribution in [-0.2, 0) is 11.8 Å². The molecule has 0 bridgehead atoms. The third-order valence-corrected chi connectivity index (χ3v) is 6.59. The molecular formula is C17H25N3S. The molecule has 0 spiro atoms. The molecule has 1 N–H and O–H groups in total. The summed E-state index contributed by atoms with van der Waals surface area (Å²) >= 11 is 1.93. The molecule has 0 unspecified atom stereocenters. The van der Waals surface area contributed by atoms with Gasteiger partial charge in [-0.1, -0.05) is 27.7 Å². The number of aromatic nitrogens is 2. The molecule has 0 atom stereocenters. The van der Waals surface area contributed by atoms with E-state index in [4.69, 9.17) is 4.98 Å². The first-order valence-corrected chi connectivity index (χ1v) is 8.82. The molecule has 3 nitrogen and oxygen atoms in total. The minimum absolute atomic E-state index is 0.269. The molecule has 1 aliphatic carbocycles. The van der Waals surface area contributed by atoms with Crippen molar-refractivity contribution in [1.82, 2.24) is 14.7 Å². The summed E-state index contributed by atoms with van der Waals surface area (Å²) in [4.78, 5) is 7.67. The van der Waals surface area contributed by atoms with E-state index in [0.717, 1.165) is 13.1 Å². The number of aryl methyl sites for hydroxylation is 1. The number of nitrogens with zero attached hydrogens (tertiary/aromatic N) is 2. The number of rotatable bonds is 1. The number of hydrogen-bond acceptors (Lipinski definition) is 3. The predicted molar refractivity (Wildman–Crippen MR) is 88.5 cm³/mol. The van der Waals surface area contributed by atoms with Gasteiger partial charge in [0, 0.05) is 35.0 Å². The molecule has 4 rings (SSSR count). The molecule has 2 aromatic rings. The van der Waals surface area contributed by atoms with E-state index in [1.807, 2.05) is 11.3 Å². The summed E-state index contributed by atoms with van der Waals surface area (Å²) in [7, 11) is 0. The Labute approximate surface area is 130 Å². The standard InChI is InChI=1S/C17H25N3S/c1-10-13(11-7-18-8-11)20-12-6-16(2,3)9-17(4,5)14(12)21-15(20)19-10/h11,18H,6-9H2,1-5H3. The number of hydrogen-bond donors (Lipinski definition) is 1. The van der Waals surface area contributed by atoms with Gasteiger partial charge in [0.1, 0.15) is 0 Å². The van der Waals surface area contributed by atoms with Gasteiger partial charge in [-0.25, -0.2) is 4.98 Å². The van der Waals surface area contributed by atoms with Crippen molar-refractivity contribution in [2.24, 2.45) is 5.41 Å². The summed E-state index contributed by atoms with van der Waals surface area (Å²) in [5.74, 6) is 0.645. The van der Waals surface area contributed by atoms with Crippen molar-refractivity contribution in [2.75, 3.05) is 13.1 Å². The lowest BCUT2D eigenvalue weighted by molar-refractivity contribution is 0.231. The number of thiazole rings is 1. The van der Waals surface area contributed by atoms with Gasteiger partial charge < -0.3 is 5.32 Å². The predicted octanol–water partition coefficient (Wildman–Crippen LogP) is 3.64. The lowest BCUT2D eigenvalue weighted by Crippen LogP contribution is -2.41. The summed E-state index contributed by atoms with van der Waals surface area (Å²) in [5.41, 5.74) is 4.88. The van der Waals surface area contributed by atoms with Gasteiger partial charge in [-0.15, -0.1) is 11.3 Å². The molecule has 1 fully saturated rings. The summed E-state index contributed by atoms with van der Waals surface area (Å²) in [5, 5.41) is 3.41. The Morgan fingerprint density at radius 2 is 1.95 bits per heavy atom.